The summed E-state index contributed by atoms with van der Waals surface area (Å²) < 4.78 is 9.81. The zero-order valence-electron chi connectivity index (χ0n) is 11.2. The maximum atomic E-state index is 11.8. The molecule has 2 aliphatic carbocycles. The van der Waals surface area contributed by atoms with Gasteiger partial charge >= 0.3 is 11.9 Å². The molecule has 0 spiro atoms. The Morgan fingerprint density at radius 1 is 0.778 bits per heavy atom. The van der Waals surface area contributed by atoms with Crippen LogP contribution in [0.4, 0.5) is 0 Å². The SMILES string of the molecule is COC(=O)[C@H]1CC[C@@H](C(=O)OC)[C@H]2CCCC[C@@H]21. The average Bonchev–Trinajstić information content (AvgIpc) is 2.44. The molecule has 0 aromatic rings. The predicted molar refractivity (Wildman–Crippen MR) is 65.7 cm³/mol. The molecular formula is C14H22O4. The summed E-state index contributed by atoms with van der Waals surface area (Å²) in [4.78, 5) is 23.7. The molecule has 2 fully saturated rings. The van der Waals surface area contributed by atoms with Crippen molar-refractivity contribution in [1.82, 2.24) is 0 Å². The van der Waals surface area contributed by atoms with Gasteiger partial charge in [0.2, 0.25) is 0 Å². The lowest BCUT2D eigenvalue weighted by atomic mass is 9.61. The van der Waals surface area contributed by atoms with Crippen LogP contribution in [0.25, 0.3) is 0 Å². The molecular weight excluding hydrogens is 232 g/mol. The molecule has 0 amide bonds. The number of carbonyl (C=O) groups excluding carboxylic acids is 2. The molecule has 0 aliphatic heterocycles. The summed E-state index contributed by atoms with van der Waals surface area (Å²) in [5.41, 5.74) is 0. The van der Waals surface area contributed by atoms with Crippen molar-refractivity contribution >= 4 is 11.9 Å². The normalized spacial score (nSPS) is 35.4. The fraction of sp³-hybridized carbons (Fsp3) is 0.857. The maximum absolute atomic E-state index is 11.8. The highest BCUT2D eigenvalue weighted by Crippen LogP contribution is 2.47. The molecule has 0 heterocycles. The third kappa shape index (κ3) is 2.38. The molecule has 4 nitrogen and oxygen atoms in total. The van der Waals surface area contributed by atoms with Gasteiger partial charge in [0.25, 0.3) is 0 Å². The van der Waals surface area contributed by atoms with Crippen molar-refractivity contribution in [2.75, 3.05) is 14.2 Å². The zero-order valence-corrected chi connectivity index (χ0v) is 11.2. The molecule has 0 aromatic heterocycles. The van der Waals surface area contributed by atoms with E-state index in [0.717, 1.165) is 38.5 Å². The molecule has 4 atom stereocenters. The minimum atomic E-state index is -0.102. The second-order valence-electron chi connectivity index (χ2n) is 5.45. The summed E-state index contributed by atoms with van der Waals surface area (Å²) in [6, 6.07) is 0. The fourth-order valence-corrected chi connectivity index (χ4v) is 3.86. The summed E-state index contributed by atoms with van der Waals surface area (Å²) in [5, 5.41) is 0. The van der Waals surface area contributed by atoms with Gasteiger partial charge in [-0.1, -0.05) is 12.8 Å². The molecule has 0 unspecified atom stereocenters. The van der Waals surface area contributed by atoms with Crippen molar-refractivity contribution in [1.29, 1.82) is 0 Å². The maximum Gasteiger partial charge on any atom is 0.308 e. The lowest BCUT2D eigenvalue weighted by Gasteiger charge is -2.43. The summed E-state index contributed by atoms with van der Waals surface area (Å²) in [5.74, 6) is 0.390. The summed E-state index contributed by atoms with van der Waals surface area (Å²) in [6.07, 6.45) is 5.90. The summed E-state index contributed by atoms with van der Waals surface area (Å²) in [6.45, 7) is 0. The van der Waals surface area contributed by atoms with Crippen LogP contribution in [0.15, 0.2) is 0 Å². The van der Waals surface area contributed by atoms with Crippen LogP contribution in [-0.2, 0) is 19.1 Å². The van der Waals surface area contributed by atoms with Crippen LogP contribution in [-0.4, -0.2) is 26.2 Å². The molecule has 2 aliphatic rings. The topological polar surface area (TPSA) is 52.6 Å². The van der Waals surface area contributed by atoms with Crippen molar-refractivity contribution in [2.24, 2.45) is 23.7 Å². The van der Waals surface area contributed by atoms with E-state index in [2.05, 4.69) is 0 Å². The van der Waals surface area contributed by atoms with Crippen LogP contribution in [0.1, 0.15) is 38.5 Å². The van der Waals surface area contributed by atoms with Crippen LogP contribution in [0.3, 0.4) is 0 Å². The van der Waals surface area contributed by atoms with Gasteiger partial charge in [0.15, 0.2) is 0 Å². The van der Waals surface area contributed by atoms with Crippen LogP contribution in [0.5, 0.6) is 0 Å². The molecule has 18 heavy (non-hydrogen) atoms. The third-order valence-corrected chi connectivity index (χ3v) is 4.71. The second-order valence-corrected chi connectivity index (χ2v) is 5.45. The number of carbonyl (C=O) groups is 2. The van der Waals surface area contributed by atoms with Gasteiger partial charge in [0.1, 0.15) is 0 Å². The largest absolute Gasteiger partial charge is 0.469 e. The molecule has 0 aromatic carbocycles. The van der Waals surface area contributed by atoms with E-state index in [9.17, 15) is 9.59 Å². The van der Waals surface area contributed by atoms with Crippen molar-refractivity contribution < 1.29 is 19.1 Å². The van der Waals surface area contributed by atoms with Crippen LogP contribution in [0, 0.1) is 23.7 Å². The number of methoxy groups -OCH3 is 2. The van der Waals surface area contributed by atoms with E-state index in [1.54, 1.807) is 0 Å². The summed E-state index contributed by atoms with van der Waals surface area (Å²) in [7, 11) is 2.90. The van der Waals surface area contributed by atoms with E-state index in [1.807, 2.05) is 0 Å². The lowest BCUT2D eigenvalue weighted by molar-refractivity contribution is -0.160. The number of hydrogen-bond donors (Lipinski definition) is 0. The minimum Gasteiger partial charge on any atom is -0.469 e. The molecule has 2 saturated carbocycles. The quantitative estimate of drug-likeness (QED) is 0.709. The summed E-state index contributed by atoms with van der Waals surface area (Å²) >= 11 is 0. The molecule has 0 N–H and O–H groups in total. The van der Waals surface area contributed by atoms with E-state index >= 15 is 0 Å². The van der Waals surface area contributed by atoms with Crippen LogP contribution >= 0.6 is 0 Å². The van der Waals surface area contributed by atoms with Gasteiger partial charge in [-0.2, -0.15) is 0 Å². The van der Waals surface area contributed by atoms with Crippen molar-refractivity contribution in [2.45, 2.75) is 38.5 Å². The Kier molecular flexibility index (Phi) is 4.25. The Balaban J connectivity index is 2.15. The fourth-order valence-electron chi connectivity index (χ4n) is 3.86. The number of rotatable bonds is 2. The monoisotopic (exact) mass is 254 g/mol. The van der Waals surface area contributed by atoms with Crippen molar-refractivity contribution in [3.63, 3.8) is 0 Å². The first-order valence-electron chi connectivity index (χ1n) is 6.84. The van der Waals surface area contributed by atoms with Crippen LogP contribution < -0.4 is 0 Å². The Bertz CT molecular complexity index is 294. The molecule has 2 rings (SSSR count). The Morgan fingerprint density at radius 3 is 1.50 bits per heavy atom. The minimum absolute atomic E-state index is 0.0128. The Morgan fingerprint density at radius 2 is 1.17 bits per heavy atom. The van der Waals surface area contributed by atoms with Gasteiger partial charge < -0.3 is 9.47 Å². The van der Waals surface area contributed by atoms with Crippen molar-refractivity contribution in [3.05, 3.63) is 0 Å². The molecule has 4 heteroatoms. The van der Waals surface area contributed by atoms with Crippen molar-refractivity contribution in [3.8, 4) is 0 Å². The first-order chi connectivity index (χ1) is 8.69. The molecule has 0 radical (unpaired) electrons. The standard InChI is InChI=1S/C14H22O4/c1-17-13(15)11-7-8-12(14(16)18-2)10-6-4-3-5-9(10)11/h9-12H,3-8H2,1-2H3/t9-,10-,11-,12+/m0/s1. The average molecular weight is 254 g/mol. The van der Waals surface area contributed by atoms with Gasteiger partial charge in [-0.3, -0.25) is 9.59 Å². The third-order valence-electron chi connectivity index (χ3n) is 4.71. The molecule has 102 valence electrons. The smallest absolute Gasteiger partial charge is 0.308 e. The Labute approximate surface area is 108 Å². The Hall–Kier alpha value is -1.06. The van der Waals surface area contributed by atoms with E-state index < -0.39 is 0 Å². The second kappa shape index (κ2) is 5.72. The van der Waals surface area contributed by atoms with Gasteiger partial charge in [0.05, 0.1) is 26.1 Å². The predicted octanol–water partition coefficient (Wildman–Crippen LogP) is 2.17. The highest BCUT2D eigenvalue weighted by atomic mass is 16.5. The van der Waals surface area contributed by atoms with Gasteiger partial charge in [-0.15, -0.1) is 0 Å². The van der Waals surface area contributed by atoms with E-state index in [-0.39, 0.29) is 23.8 Å². The first-order valence-corrected chi connectivity index (χ1v) is 6.84. The number of fused-ring (bicyclic) bond motifs is 1. The zero-order chi connectivity index (χ0) is 13.1. The lowest BCUT2D eigenvalue weighted by Crippen LogP contribution is -2.43. The van der Waals surface area contributed by atoms with Crippen LogP contribution in [0.2, 0.25) is 0 Å². The van der Waals surface area contributed by atoms with Gasteiger partial charge in [-0.05, 0) is 37.5 Å². The van der Waals surface area contributed by atoms with E-state index in [1.165, 1.54) is 14.2 Å². The first kappa shape index (κ1) is 13.4. The van der Waals surface area contributed by atoms with Gasteiger partial charge in [-0.25, -0.2) is 0 Å². The number of hydrogen-bond acceptors (Lipinski definition) is 4. The van der Waals surface area contributed by atoms with E-state index in [4.69, 9.17) is 9.47 Å². The van der Waals surface area contributed by atoms with Gasteiger partial charge in [0, 0.05) is 0 Å². The number of ether oxygens (including phenoxy) is 2. The molecule has 0 bridgehead atoms. The van der Waals surface area contributed by atoms with E-state index in [0.29, 0.717) is 11.8 Å². The highest BCUT2D eigenvalue weighted by molar-refractivity contribution is 5.75. The number of esters is 2. The molecule has 0 saturated heterocycles. The highest BCUT2D eigenvalue weighted by Gasteiger charge is 2.46.